The van der Waals surface area contributed by atoms with Gasteiger partial charge in [0.2, 0.25) is 9.04 Å². The van der Waals surface area contributed by atoms with E-state index in [9.17, 15) is 0 Å². The maximum absolute atomic E-state index is 6.01. The first kappa shape index (κ1) is 14.7. The molecule has 0 aliphatic carbocycles. The van der Waals surface area contributed by atoms with Crippen LogP contribution in [0.1, 0.15) is 6.92 Å². The van der Waals surface area contributed by atoms with Crippen molar-refractivity contribution < 1.29 is 13.9 Å². The number of thiol groups is 1. The van der Waals surface area contributed by atoms with Gasteiger partial charge in [0, 0.05) is 21.1 Å². The van der Waals surface area contributed by atoms with E-state index in [1.807, 2.05) is 18.2 Å². The van der Waals surface area contributed by atoms with E-state index in [0.717, 1.165) is 11.8 Å². The van der Waals surface area contributed by atoms with Crippen LogP contribution in [0.4, 0.5) is 0 Å². The molecule has 5 heteroatoms. The molecule has 1 rings (SSSR count). The number of rotatable bonds is 7. The van der Waals surface area contributed by atoms with Crippen molar-refractivity contribution in [3.63, 3.8) is 0 Å². The van der Waals surface area contributed by atoms with Gasteiger partial charge in [0.1, 0.15) is 0 Å². The maximum Gasteiger partial charge on any atom is 0.269 e. The predicted octanol–water partition coefficient (Wildman–Crippen LogP) is 1.53. The van der Waals surface area contributed by atoms with E-state index in [0.29, 0.717) is 0 Å². The lowest BCUT2D eigenvalue weighted by atomic mass is 10.4. The third-order valence-corrected chi connectivity index (χ3v) is 6.06. The molecule has 0 N–H and O–H groups in total. The minimum absolute atomic E-state index is 0.801. The van der Waals surface area contributed by atoms with Crippen molar-refractivity contribution in [2.45, 2.75) is 18.9 Å². The van der Waals surface area contributed by atoms with Gasteiger partial charge in [0.15, 0.2) is 0 Å². The van der Waals surface area contributed by atoms with Crippen molar-refractivity contribution in [2.24, 2.45) is 0 Å². The van der Waals surface area contributed by atoms with Crippen LogP contribution in [-0.4, -0.2) is 35.0 Å². The van der Waals surface area contributed by atoms with E-state index in [2.05, 4.69) is 24.8 Å². The quantitative estimate of drug-likeness (QED) is 0.463. The van der Waals surface area contributed by atoms with Gasteiger partial charge in [-0.05, 0) is 17.0 Å². The van der Waals surface area contributed by atoms with E-state index in [-0.39, 0.29) is 0 Å². The zero-order chi connectivity index (χ0) is 12.7. The minimum atomic E-state index is -1.58. The molecule has 1 atom stereocenters. The highest BCUT2D eigenvalue weighted by Gasteiger charge is 2.29. The van der Waals surface area contributed by atoms with Crippen LogP contribution >= 0.6 is 12.6 Å². The van der Waals surface area contributed by atoms with Crippen molar-refractivity contribution in [1.29, 1.82) is 0 Å². The molecule has 0 radical (unpaired) electrons. The Morgan fingerprint density at radius 1 is 1.18 bits per heavy atom. The Bertz CT molecular complexity index is 317. The van der Waals surface area contributed by atoms with Gasteiger partial charge >= 0.3 is 0 Å². The first-order chi connectivity index (χ1) is 8.15. The van der Waals surface area contributed by atoms with Gasteiger partial charge in [-0.25, -0.2) is 0 Å². The fourth-order valence-corrected chi connectivity index (χ4v) is 4.40. The van der Waals surface area contributed by atoms with E-state index in [1.165, 1.54) is 5.19 Å². The zero-order valence-corrected chi connectivity index (χ0v) is 12.6. The van der Waals surface area contributed by atoms with Gasteiger partial charge in [-0.15, -0.1) is 0 Å². The lowest BCUT2D eigenvalue weighted by Gasteiger charge is -2.31. The summed E-state index contributed by atoms with van der Waals surface area (Å²) >= 11 is 4.29. The Hall–Kier alpha value is -0.333. The molecule has 1 unspecified atom stereocenters. The standard InChI is InChI=1S/C12H20O3SSi/c1-12(13-2,14-3)15-17(10-9-16)11-7-5-4-6-8-11/h4-8,16-17H,9-10H2,1-3H3. The molecule has 17 heavy (non-hydrogen) atoms. The summed E-state index contributed by atoms with van der Waals surface area (Å²) in [4.78, 5) is 0. The van der Waals surface area contributed by atoms with Gasteiger partial charge in [0.25, 0.3) is 5.97 Å². The Kier molecular flexibility index (Phi) is 6.22. The molecule has 0 saturated heterocycles. The maximum atomic E-state index is 6.01. The molecule has 3 nitrogen and oxygen atoms in total. The molecule has 0 amide bonds. The first-order valence-corrected chi connectivity index (χ1v) is 8.09. The summed E-state index contributed by atoms with van der Waals surface area (Å²) in [5.41, 5.74) is 0. The molecule has 1 aromatic carbocycles. The van der Waals surface area contributed by atoms with Crippen LogP contribution in [0.5, 0.6) is 0 Å². The molecule has 1 aromatic rings. The van der Waals surface area contributed by atoms with E-state index in [1.54, 1.807) is 21.1 Å². The molecular formula is C12H20O3SSi. The first-order valence-electron chi connectivity index (χ1n) is 5.59. The van der Waals surface area contributed by atoms with Crippen LogP contribution in [-0.2, 0) is 13.9 Å². The summed E-state index contributed by atoms with van der Waals surface area (Å²) in [6.45, 7) is 1.79. The molecule has 0 aliphatic rings. The Morgan fingerprint density at radius 3 is 2.24 bits per heavy atom. The highest BCUT2D eigenvalue weighted by Crippen LogP contribution is 2.15. The number of benzene rings is 1. The molecule has 0 saturated carbocycles. The molecule has 0 aromatic heterocycles. The van der Waals surface area contributed by atoms with Gasteiger partial charge in [-0.1, -0.05) is 30.3 Å². The van der Waals surface area contributed by atoms with E-state index >= 15 is 0 Å². The third kappa shape index (κ3) is 4.44. The molecule has 0 aliphatic heterocycles. The SMILES string of the molecule is COC(C)(OC)O[SiH](CCS)c1ccccc1. The van der Waals surface area contributed by atoms with Crippen LogP contribution in [0.3, 0.4) is 0 Å². The lowest BCUT2D eigenvalue weighted by Crippen LogP contribution is -2.45. The molecule has 0 bridgehead atoms. The number of hydrogen-bond donors (Lipinski definition) is 1. The number of ether oxygens (including phenoxy) is 2. The predicted molar refractivity (Wildman–Crippen MR) is 75.4 cm³/mol. The van der Waals surface area contributed by atoms with Crippen LogP contribution < -0.4 is 5.19 Å². The normalized spacial score (nSPS) is 13.6. The minimum Gasteiger partial charge on any atom is -0.367 e. The molecule has 0 fully saturated rings. The van der Waals surface area contributed by atoms with Crippen molar-refractivity contribution in [3.8, 4) is 0 Å². The zero-order valence-electron chi connectivity index (χ0n) is 10.6. The lowest BCUT2D eigenvalue weighted by molar-refractivity contribution is -0.312. The van der Waals surface area contributed by atoms with Crippen LogP contribution in [0.2, 0.25) is 6.04 Å². The summed E-state index contributed by atoms with van der Waals surface area (Å²) < 4.78 is 16.5. The third-order valence-electron chi connectivity index (χ3n) is 2.66. The van der Waals surface area contributed by atoms with E-state index in [4.69, 9.17) is 13.9 Å². The second-order valence-corrected chi connectivity index (χ2v) is 6.70. The molecular weight excluding hydrogens is 252 g/mol. The Labute approximate surface area is 110 Å². The largest absolute Gasteiger partial charge is 0.367 e. The van der Waals surface area contributed by atoms with Gasteiger partial charge in [0.05, 0.1) is 0 Å². The fourth-order valence-electron chi connectivity index (χ4n) is 1.52. The fraction of sp³-hybridized carbons (Fsp3) is 0.500. The van der Waals surface area contributed by atoms with Crippen LogP contribution in [0.15, 0.2) is 30.3 Å². The molecule has 0 spiro atoms. The van der Waals surface area contributed by atoms with Crippen molar-refractivity contribution in [1.82, 2.24) is 0 Å². The topological polar surface area (TPSA) is 27.7 Å². The summed E-state index contributed by atoms with van der Waals surface area (Å²) in [6, 6.07) is 11.2. The average Bonchev–Trinajstić information content (AvgIpc) is 2.39. The molecule has 96 valence electrons. The Morgan fingerprint density at radius 2 is 1.76 bits per heavy atom. The Balaban J connectivity index is 2.80. The van der Waals surface area contributed by atoms with Crippen molar-refractivity contribution >= 4 is 26.9 Å². The van der Waals surface area contributed by atoms with Gasteiger partial charge in [-0.2, -0.15) is 12.6 Å². The van der Waals surface area contributed by atoms with Crippen LogP contribution in [0, 0.1) is 0 Å². The van der Waals surface area contributed by atoms with Gasteiger partial charge < -0.3 is 13.9 Å². The average molecular weight is 272 g/mol. The van der Waals surface area contributed by atoms with Crippen molar-refractivity contribution in [3.05, 3.63) is 30.3 Å². The van der Waals surface area contributed by atoms with Crippen molar-refractivity contribution in [2.75, 3.05) is 20.0 Å². The monoisotopic (exact) mass is 272 g/mol. The smallest absolute Gasteiger partial charge is 0.269 e. The van der Waals surface area contributed by atoms with E-state index < -0.39 is 15.0 Å². The highest BCUT2D eigenvalue weighted by atomic mass is 32.1. The summed E-state index contributed by atoms with van der Waals surface area (Å²) in [6.07, 6.45) is 0. The molecule has 0 heterocycles. The van der Waals surface area contributed by atoms with Crippen LogP contribution in [0.25, 0.3) is 0 Å². The number of methoxy groups -OCH3 is 2. The van der Waals surface area contributed by atoms with Gasteiger partial charge in [-0.3, -0.25) is 0 Å². The number of hydrogen-bond acceptors (Lipinski definition) is 4. The highest BCUT2D eigenvalue weighted by molar-refractivity contribution is 7.80. The summed E-state index contributed by atoms with van der Waals surface area (Å²) in [5, 5.41) is 1.24. The second kappa shape index (κ2) is 7.18. The summed E-state index contributed by atoms with van der Waals surface area (Å²) in [5.74, 6) is -0.162. The summed E-state index contributed by atoms with van der Waals surface area (Å²) in [7, 11) is 1.59. The second-order valence-electron chi connectivity index (χ2n) is 3.80.